The molecule has 0 radical (unpaired) electrons. The lowest BCUT2D eigenvalue weighted by Crippen LogP contribution is -2.59. The van der Waals surface area contributed by atoms with Gasteiger partial charge in [-0.15, -0.1) is 0 Å². The third-order valence-corrected chi connectivity index (χ3v) is 7.00. The van der Waals surface area contributed by atoms with Crippen LogP contribution in [0, 0.1) is 11.8 Å². The number of rotatable bonds is 4. The number of carbonyl (C=O) groups excluding carboxylic acids is 3. The van der Waals surface area contributed by atoms with Gasteiger partial charge in [0.2, 0.25) is 11.8 Å². The first-order valence-electron chi connectivity index (χ1n) is 12.1. The second kappa shape index (κ2) is 9.81. The maximum Gasteiger partial charge on any atom is 0.253 e. The van der Waals surface area contributed by atoms with E-state index in [1.807, 2.05) is 23.1 Å². The van der Waals surface area contributed by atoms with Gasteiger partial charge in [-0.3, -0.25) is 24.7 Å². The lowest BCUT2D eigenvalue weighted by atomic mass is 9.80. The van der Waals surface area contributed by atoms with Gasteiger partial charge in [-0.2, -0.15) is 0 Å². The van der Waals surface area contributed by atoms with E-state index in [4.69, 9.17) is 0 Å². The molecule has 0 aromatic heterocycles. The smallest absolute Gasteiger partial charge is 0.253 e. The van der Waals surface area contributed by atoms with Crippen LogP contribution >= 0.6 is 0 Å². The van der Waals surface area contributed by atoms with Crippen LogP contribution in [0.3, 0.4) is 0 Å². The van der Waals surface area contributed by atoms with E-state index in [1.165, 1.54) is 10.6 Å². The summed E-state index contributed by atoms with van der Waals surface area (Å²) in [7, 11) is 0. The Kier molecular flexibility index (Phi) is 6.45. The number of allylic oxidation sites excluding steroid dienone is 2. The first kappa shape index (κ1) is 22.3. The van der Waals surface area contributed by atoms with E-state index in [1.54, 1.807) is 24.3 Å². The van der Waals surface area contributed by atoms with Crippen molar-refractivity contribution in [2.45, 2.75) is 25.8 Å². The molecule has 176 valence electrons. The lowest BCUT2D eigenvalue weighted by Gasteiger charge is -2.38. The van der Waals surface area contributed by atoms with Gasteiger partial charge in [-0.05, 0) is 43.0 Å². The van der Waals surface area contributed by atoms with Gasteiger partial charge in [-0.25, -0.2) is 5.01 Å². The number of amides is 3. The van der Waals surface area contributed by atoms with Gasteiger partial charge < -0.3 is 4.90 Å². The van der Waals surface area contributed by atoms with E-state index >= 15 is 0 Å². The van der Waals surface area contributed by atoms with Crippen molar-refractivity contribution >= 4 is 23.4 Å². The molecule has 2 heterocycles. The van der Waals surface area contributed by atoms with Gasteiger partial charge in [0.25, 0.3) is 5.91 Å². The molecule has 0 spiro atoms. The number of carbonyl (C=O) groups is 3. The second-order valence-corrected chi connectivity index (χ2v) is 9.26. The Morgan fingerprint density at radius 3 is 2.50 bits per heavy atom. The molecule has 2 atom stereocenters. The summed E-state index contributed by atoms with van der Waals surface area (Å²) in [6.45, 7) is 4.00. The van der Waals surface area contributed by atoms with Crippen LogP contribution in [0.25, 0.3) is 0 Å². The SMILES string of the molecule is O=C1NN(c2cccc(C(=O)N3CCCN(Cc4ccccc4)CC3)c2)C(=O)C2CC=CCC12. The zero-order chi connectivity index (χ0) is 23.5. The number of fused-ring (bicyclic) bond motifs is 1. The molecule has 2 aliphatic heterocycles. The first-order valence-corrected chi connectivity index (χ1v) is 12.1. The van der Waals surface area contributed by atoms with Crippen LogP contribution in [-0.2, 0) is 16.1 Å². The summed E-state index contributed by atoms with van der Waals surface area (Å²) >= 11 is 0. The van der Waals surface area contributed by atoms with E-state index in [0.717, 1.165) is 26.1 Å². The van der Waals surface area contributed by atoms with Gasteiger partial charge in [0, 0.05) is 38.3 Å². The Balaban J connectivity index is 1.27. The van der Waals surface area contributed by atoms with Gasteiger partial charge in [-0.1, -0.05) is 48.6 Å². The monoisotopic (exact) mass is 458 g/mol. The van der Waals surface area contributed by atoms with Crippen molar-refractivity contribution in [3.63, 3.8) is 0 Å². The van der Waals surface area contributed by atoms with Gasteiger partial charge in [0.1, 0.15) is 0 Å². The van der Waals surface area contributed by atoms with Crippen molar-refractivity contribution in [1.82, 2.24) is 15.2 Å². The minimum atomic E-state index is -0.348. The zero-order valence-electron chi connectivity index (χ0n) is 19.2. The molecule has 2 fully saturated rings. The summed E-state index contributed by atoms with van der Waals surface area (Å²) in [6, 6.07) is 17.4. The van der Waals surface area contributed by atoms with Gasteiger partial charge >= 0.3 is 0 Å². The molecule has 2 aromatic rings. The van der Waals surface area contributed by atoms with Gasteiger partial charge in [0.15, 0.2) is 0 Å². The highest BCUT2D eigenvalue weighted by atomic mass is 16.2. The summed E-state index contributed by atoms with van der Waals surface area (Å²) in [5.74, 6) is -0.965. The van der Waals surface area contributed by atoms with Crippen molar-refractivity contribution in [3.05, 3.63) is 77.9 Å². The predicted octanol–water partition coefficient (Wildman–Crippen LogP) is 2.99. The van der Waals surface area contributed by atoms with Crippen LogP contribution in [0.4, 0.5) is 5.69 Å². The Morgan fingerprint density at radius 1 is 0.882 bits per heavy atom. The highest BCUT2D eigenvalue weighted by Gasteiger charge is 2.42. The Labute approximate surface area is 200 Å². The number of anilines is 1. The quantitative estimate of drug-likeness (QED) is 0.715. The molecule has 7 nitrogen and oxygen atoms in total. The summed E-state index contributed by atoms with van der Waals surface area (Å²) < 4.78 is 0. The molecule has 0 bridgehead atoms. The summed E-state index contributed by atoms with van der Waals surface area (Å²) in [6.07, 6.45) is 6.00. The summed E-state index contributed by atoms with van der Waals surface area (Å²) in [5, 5.41) is 1.32. The molecule has 1 N–H and O–H groups in total. The van der Waals surface area contributed by atoms with Crippen LogP contribution in [0.1, 0.15) is 35.2 Å². The van der Waals surface area contributed by atoms with Crippen LogP contribution in [0.15, 0.2) is 66.7 Å². The fourth-order valence-electron chi connectivity index (χ4n) is 5.12. The molecule has 2 aromatic carbocycles. The number of hydrogen-bond acceptors (Lipinski definition) is 4. The van der Waals surface area contributed by atoms with E-state index in [2.05, 4.69) is 34.6 Å². The molecular weight excluding hydrogens is 428 g/mol. The number of hydrazine groups is 1. The van der Waals surface area contributed by atoms with E-state index < -0.39 is 0 Å². The van der Waals surface area contributed by atoms with E-state index in [-0.39, 0.29) is 29.6 Å². The van der Waals surface area contributed by atoms with E-state index in [9.17, 15) is 14.4 Å². The topological polar surface area (TPSA) is 73.0 Å². The maximum absolute atomic E-state index is 13.3. The van der Waals surface area contributed by atoms with Crippen molar-refractivity contribution in [3.8, 4) is 0 Å². The summed E-state index contributed by atoms with van der Waals surface area (Å²) in [4.78, 5) is 43.3. The normalized spacial score (nSPS) is 23.3. The average Bonchev–Trinajstić information content (AvgIpc) is 3.12. The number of nitrogens with one attached hydrogen (secondary N) is 1. The molecular formula is C27H30N4O3. The molecule has 1 aliphatic carbocycles. The Morgan fingerprint density at radius 2 is 1.68 bits per heavy atom. The van der Waals surface area contributed by atoms with Crippen LogP contribution in [-0.4, -0.2) is 53.7 Å². The summed E-state index contributed by atoms with van der Waals surface area (Å²) in [5.41, 5.74) is 5.08. The fraction of sp³-hybridized carbons (Fsp3) is 0.370. The highest BCUT2D eigenvalue weighted by Crippen LogP contribution is 2.32. The molecule has 2 saturated heterocycles. The minimum Gasteiger partial charge on any atom is -0.337 e. The number of nitrogens with zero attached hydrogens (tertiary/aromatic N) is 3. The lowest BCUT2D eigenvalue weighted by molar-refractivity contribution is -0.139. The van der Waals surface area contributed by atoms with Crippen LogP contribution in [0.2, 0.25) is 0 Å². The predicted molar refractivity (Wildman–Crippen MR) is 130 cm³/mol. The van der Waals surface area contributed by atoms with Crippen molar-refractivity contribution in [2.24, 2.45) is 11.8 Å². The van der Waals surface area contributed by atoms with Gasteiger partial charge in [0.05, 0.1) is 17.5 Å². The first-order chi connectivity index (χ1) is 16.6. The fourth-order valence-corrected chi connectivity index (χ4v) is 5.12. The average molecular weight is 459 g/mol. The number of benzene rings is 2. The Bertz CT molecular complexity index is 1100. The molecule has 0 saturated carbocycles. The highest BCUT2D eigenvalue weighted by molar-refractivity contribution is 6.05. The second-order valence-electron chi connectivity index (χ2n) is 9.26. The Hall–Kier alpha value is -3.45. The number of hydrogen-bond donors (Lipinski definition) is 1. The molecule has 3 aliphatic rings. The molecule has 3 amide bonds. The largest absolute Gasteiger partial charge is 0.337 e. The third-order valence-electron chi connectivity index (χ3n) is 7.00. The van der Waals surface area contributed by atoms with Crippen LogP contribution in [0.5, 0.6) is 0 Å². The third kappa shape index (κ3) is 4.61. The molecule has 2 unspecified atom stereocenters. The zero-order valence-corrected chi connectivity index (χ0v) is 19.2. The van der Waals surface area contributed by atoms with Crippen LogP contribution < -0.4 is 10.4 Å². The standard InChI is InChI=1S/C27H30N4O3/c32-25-23-12-4-5-13-24(23)27(34)31(28-25)22-11-6-10-21(18-22)26(33)30-15-7-14-29(16-17-30)19-20-8-2-1-3-9-20/h1-6,8-11,18,23-24H,7,12-17,19H2,(H,28,32). The minimum absolute atomic E-state index is 0.0438. The van der Waals surface area contributed by atoms with Crippen molar-refractivity contribution < 1.29 is 14.4 Å². The molecule has 7 heteroatoms. The van der Waals surface area contributed by atoms with E-state index in [0.29, 0.717) is 37.2 Å². The molecule has 34 heavy (non-hydrogen) atoms. The van der Waals surface area contributed by atoms with Crippen molar-refractivity contribution in [1.29, 1.82) is 0 Å². The van der Waals surface area contributed by atoms with Crippen molar-refractivity contribution in [2.75, 3.05) is 31.2 Å². The maximum atomic E-state index is 13.3. The molecule has 5 rings (SSSR count).